The summed E-state index contributed by atoms with van der Waals surface area (Å²) in [5, 5.41) is -1.25. The largest absolute Gasteiger partial charge is 0.465 e. The van der Waals surface area contributed by atoms with Crippen LogP contribution in [0.25, 0.3) is 11.4 Å². The highest BCUT2D eigenvalue weighted by atomic mass is 35.5. The topological polar surface area (TPSA) is 65.0 Å². The Morgan fingerprint density at radius 3 is 2.72 bits per heavy atom. The number of carbonyl (C=O) groups excluding carboxylic acids is 1. The molecule has 0 aliphatic heterocycles. The molecule has 0 N–H and O–H groups in total. The highest BCUT2D eigenvalue weighted by Gasteiger charge is 2.54. The number of esters is 1. The molecule has 2 unspecified atom stereocenters. The lowest BCUT2D eigenvalue weighted by Crippen LogP contribution is -2.12. The van der Waals surface area contributed by atoms with Crippen LogP contribution in [0.2, 0.25) is 0 Å². The highest BCUT2D eigenvalue weighted by Crippen LogP contribution is 2.50. The van der Waals surface area contributed by atoms with E-state index in [1.807, 2.05) is 32.0 Å². The van der Waals surface area contributed by atoms with Gasteiger partial charge in [-0.2, -0.15) is 0 Å². The molecule has 0 bridgehead atoms. The van der Waals surface area contributed by atoms with Crippen molar-refractivity contribution in [2.24, 2.45) is 5.92 Å². The van der Waals surface area contributed by atoms with Gasteiger partial charge in [-0.25, -0.2) is 14.4 Å². The van der Waals surface area contributed by atoms with Gasteiger partial charge in [0.25, 0.3) is 0 Å². The second-order valence-electron chi connectivity index (χ2n) is 5.07. The summed E-state index contributed by atoms with van der Waals surface area (Å²) >= 11 is 6.61. The zero-order chi connectivity index (χ0) is 18.3. The average molecular weight is 384 g/mol. The van der Waals surface area contributed by atoms with Crippen LogP contribution in [0.15, 0.2) is 41.8 Å². The van der Waals surface area contributed by atoms with Crippen LogP contribution >= 0.6 is 23.4 Å². The summed E-state index contributed by atoms with van der Waals surface area (Å²) in [6, 6.07) is 7.28. The third-order valence-electron chi connectivity index (χ3n) is 3.28. The molecule has 2 atom stereocenters. The van der Waals surface area contributed by atoms with Gasteiger partial charge < -0.3 is 4.74 Å². The summed E-state index contributed by atoms with van der Waals surface area (Å²) in [4.78, 5) is 24.3. The number of hydrogen-bond donors (Lipinski definition) is 0. The van der Waals surface area contributed by atoms with Crippen molar-refractivity contribution in [2.75, 3.05) is 12.4 Å². The number of nitrogens with zero attached hydrogens (tertiary/aromatic N) is 3. The van der Waals surface area contributed by atoms with Crippen molar-refractivity contribution in [3.05, 3.63) is 36.7 Å². The Morgan fingerprint density at radius 1 is 1.32 bits per heavy atom. The SMILES string of the molecule is CC.O=C(CSc1nccc(-c2ccccn2)n1)OCC1CC1(F)Cl. The van der Waals surface area contributed by atoms with E-state index in [0.29, 0.717) is 10.9 Å². The van der Waals surface area contributed by atoms with E-state index < -0.39 is 17.0 Å². The lowest BCUT2D eigenvalue weighted by atomic mass is 10.3. The summed E-state index contributed by atoms with van der Waals surface area (Å²) in [5.41, 5.74) is 1.41. The third kappa shape index (κ3) is 5.93. The fourth-order valence-electron chi connectivity index (χ4n) is 1.88. The van der Waals surface area contributed by atoms with Gasteiger partial charge in [-0.05, 0) is 18.2 Å². The first-order chi connectivity index (χ1) is 12.0. The van der Waals surface area contributed by atoms with Gasteiger partial charge in [-0.3, -0.25) is 9.78 Å². The molecule has 0 aromatic carbocycles. The van der Waals surface area contributed by atoms with Crippen molar-refractivity contribution in [3.8, 4) is 11.4 Å². The number of alkyl halides is 2. The van der Waals surface area contributed by atoms with Crippen molar-refractivity contribution in [1.82, 2.24) is 15.0 Å². The Hall–Kier alpha value is -1.73. The molecule has 2 aromatic heterocycles. The number of halogens is 2. The van der Waals surface area contributed by atoms with Crippen molar-refractivity contribution in [3.63, 3.8) is 0 Å². The van der Waals surface area contributed by atoms with Gasteiger partial charge in [0.1, 0.15) is 0 Å². The van der Waals surface area contributed by atoms with Crippen molar-refractivity contribution < 1.29 is 13.9 Å². The van der Waals surface area contributed by atoms with Gasteiger partial charge >= 0.3 is 5.97 Å². The van der Waals surface area contributed by atoms with Gasteiger partial charge in [-0.1, -0.05) is 43.3 Å². The normalized spacial score (nSPS) is 21.0. The zero-order valence-electron chi connectivity index (χ0n) is 14.0. The molecule has 0 spiro atoms. The number of carbonyl (C=O) groups is 1. The summed E-state index contributed by atoms with van der Waals surface area (Å²) in [6.07, 6.45) is 3.52. The minimum Gasteiger partial charge on any atom is -0.465 e. The number of hydrogen-bond acceptors (Lipinski definition) is 6. The summed E-state index contributed by atoms with van der Waals surface area (Å²) in [6.45, 7) is 4.01. The molecule has 134 valence electrons. The van der Waals surface area contributed by atoms with Crippen LogP contribution in [0, 0.1) is 5.92 Å². The molecule has 1 aliphatic rings. The van der Waals surface area contributed by atoms with Gasteiger partial charge in [-0.15, -0.1) is 0 Å². The molecular formula is C17H19ClFN3O2S. The van der Waals surface area contributed by atoms with Crippen LogP contribution in [-0.4, -0.2) is 38.4 Å². The number of thioether (sulfide) groups is 1. The molecule has 1 fully saturated rings. The molecule has 8 heteroatoms. The maximum atomic E-state index is 13.1. The summed E-state index contributed by atoms with van der Waals surface area (Å²) in [7, 11) is 0. The lowest BCUT2D eigenvalue weighted by Gasteiger charge is -2.05. The van der Waals surface area contributed by atoms with Gasteiger partial charge in [0.2, 0.25) is 0 Å². The van der Waals surface area contributed by atoms with Crippen LogP contribution in [-0.2, 0) is 9.53 Å². The van der Waals surface area contributed by atoms with E-state index in [4.69, 9.17) is 16.3 Å². The number of pyridine rings is 1. The molecule has 1 saturated carbocycles. The van der Waals surface area contributed by atoms with E-state index in [-0.39, 0.29) is 18.8 Å². The molecular weight excluding hydrogens is 365 g/mol. The average Bonchev–Trinajstić information content (AvgIpc) is 3.27. The van der Waals surface area contributed by atoms with Crippen LogP contribution in [0.4, 0.5) is 4.39 Å². The monoisotopic (exact) mass is 383 g/mol. The lowest BCUT2D eigenvalue weighted by molar-refractivity contribution is -0.141. The number of rotatable bonds is 6. The Labute approximate surface area is 155 Å². The highest BCUT2D eigenvalue weighted by molar-refractivity contribution is 7.99. The van der Waals surface area contributed by atoms with Gasteiger partial charge in [0, 0.05) is 24.7 Å². The van der Waals surface area contributed by atoms with E-state index >= 15 is 0 Å². The predicted octanol–water partition coefficient (Wildman–Crippen LogP) is 4.12. The Bertz CT molecular complexity index is 703. The molecule has 1 aliphatic carbocycles. The Morgan fingerprint density at radius 2 is 2.08 bits per heavy atom. The van der Waals surface area contributed by atoms with E-state index in [0.717, 1.165) is 17.5 Å². The Kier molecular flexibility index (Phi) is 7.13. The molecule has 0 amide bonds. The fraction of sp³-hybridized carbons (Fsp3) is 0.412. The first-order valence-electron chi connectivity index (χ1n) is 7.95. The van der Waals surface area contributed by atoms with Crippen LogP contribution in [0.3, 0.4) is 0 Å². The molecule has 25 heavy (non-hydrogen) atoms. The van der Waals surface area contributed by atoms with Gasteiger partial charge in [0.05, 0.1) is 23.7 Å². The second kappa shape index (κ2) is 9.10. The van der Waals surface area contributed by atoms with E-state index in [1.165, 1.54) is 0 Å². The van der Waals surface area contributed by atoms with Crippen molar-refractivity contribution in [1.29, 1.82) is 0 Å². The van der Waals surface area contributed by atoms with Crippen LogP contribution in [0.5, 0.6) is 0 Å². The first-order valence-corrected chi connectivity index (χ1v) is 9.32. The zero-order valence-corrected chi connectivity index (χ0v) is 15.6. The predicted molar refractivity (Wildman–Crippen MR) is 96.1 cm³/mol. The quantitative estimate of drug-likeness (QED) is 0.323. The van der Waals surface area contributed by atoms with Crippen molar-refractivity contribution >= 4 is 29.3 Å². The van der Waals surface area contributed by atoms with E-state index in [9.17, 15) is 9.18 Å². The van der Waals surface area contributed by atoms with E-state index in [1.54, 1.807) is 18.5 Å². The molecule has 2 heterocycles. The molecule has 5 nitrogen and oxygen atoms in total. The molecule has 3 rings (SSSR count). The maximum absolute atomic E-state index is 13.1. The summed E-state index contributed by atoms with van der Waals surface area (Å²) in [5.74, 6) is -0.789. The Balaban J connectivity index is 0.00000109. The maximum Gasteiger partial charge on any atom is 0.316 e. The minimum absolute atomic E-state index is 0.00816. The van der Waals surface area contributed by atoms with Crippen LogP contribution in [0.1, 0.15) is 20.3 Å². The smallest absolute Gasteiger partial charge is 0.316 e. The minimum atomic E-state index is -1.70. The standard InChI is InChI=1S/C15H13ClFN3O2S.C2H6/c16-15(17)7-10(15)8-22-13(21)9-23-14-19-6-4-12(20-14)11-3-1-2-5-18-11;1-2/h1-6,10H,7-9H2;1-2H3. The fourth-order valence-corrected chi connectivity index (χ4v) is 2.75. The van der Waals surface area contributed by atoms with Crippen LogP contribution < -0.4 is 0 Å². The molecule has 0 saturated heterocycles. The number of aromatic nitrogens is 3. The van der Waals surface area contributed by atoms with Gasteiger partial charge in [0.15, 0.2) is 10.3 Å². The second-order valence-corrected chi connectivity index (χ2v) is 6.64. The first kappa shape index (κ1) is 19.6. The third-order valence-corrected chi connectivity index (χ3v) is 4.58. The number of ether oxygens (including phenoxy) is 1. The molecule has 2 aromatic rings. The molecule has 0 radical (unpaired) electrons. The summed E-state index contributed by atoms with van der Waals surface area (Å²) < 4.78 is 18.1. The van der Waals surface area contributed by atoms with E-state index in [2.05, 4.69) is 15.0 Å². The van der Waals surface area contributed by atoms with Crippen molar-refractivity contribution in [2.45, 2.75) is 30.6 Å².